The van der Waals surface area contributed by atoms with Gasteiger partial charge in [0.1, 0.15) is 0 Å². The highest BCUT2D eigenvalue weighted by Gasteiger charge is 2.69. The van der Waals surface area contributed by atoms with Crippen LogP contribution in [0.15, 0.2) is 0 Å². The van der Waals surface area contributed by atoms with Crippen LogP contribution >= 0.6 is 0 Å². The van der Waals surface area contributed by atoms with Crippen LogP contribution in [-0.2, 0) is 0 Å². The van der Waals surface area contributed by atoms with Crippen LogP contribution in [0.2, 0.25) is 0 Å². The predicted octanol–water partition coefficient (Wildman–Crippen LogP) is 0.568. The van der Waals surface area contributed by atoms with E-state index in [-0.39, 0.29) is 18.5 Å². The number of nitrogens with two attached hydrogens (primary N) is 1. The highest BCUT2D eigenvalue weighted by Crippen LogP contribution is 2.57. The first-order valence-corrected chi connectivity index (χ1v) is 5.15. The van der Waals surface area contributed by atoms with Gasteiger partial charge in [-0.05, 0) is 26.4 Å². The van der Waals surface area contributed by atoms with E-state index < -0.39 is 11.8 Å². The summed E-state index contributed by atoms with van der Waals surface area (Å²) in [6.45, 7) is 0.641. The van der Waals surface area contributed by atoms with Crippen LogP contribution in [0.5, 0.6) is 0 Å². The summed E-state index contributed by atoms with van der Waals surface area (Å²) in [6.07, 6.45) is 1.90. The summed E-state index contributed by atoms with van der Waals surface area (Å²) in [5, 5.41) is 1.93. The Kier molecular flexibility index (Phi) is 2.49. The zero-order valence-electron chi connectivity index (χ0n) is 8.34. The largest absolute Gasteiger partial charge is 0.330 e. The fraction of sp³-hybridized carbons (Fsp3) is 1.00. The van der Waals surface area contributed by atoms with Gasteiger partial charge in [0.15, 0.2) is 0 Å². The van der Waals surface area contributed by atoms with Gasteiger partial charge in [0.05, 0.1) is 6.04 Å². The van der Waals surface area contributed by atoms with Crippen molar-refractivity contribution >= 4 is 0 Å². The van der Waals surface area contributed by atoms with Gasteiger partial charge in [0.25, 0.3) is 5.92 Å². The molecule has 3 unspecified atom stereocenters. The molecule has 5 heteroatoms. The van der Waals surface area contributed by atoms with Gasteiger partial charge in [-0.25, -0.2) is 13.8 Å². The second-order valence-electron chi connectivity index (χ2n) is 4.19. The molecule has 2 aliphatic rings. The van der Waals surface area contributed by atoms with Gasteiger partial charge in [-0.3, -0.25) is 5.43 Å². The van der Waals surface area contributed by atoms with E-state index in [2.05, 4.69) is 5.43 Å². The first kappa shape index (κ1) is 10.3. The topological polar surface area (TPSA) is 41.1 Å². The first-order chi connectivity index (χ1) is 6.61. The average Bonchev–Trinajstić information content (AvgIpc) is 2.97. The molecule has 0 radical (unpaired) electrons. The fourth-order valence-corrected chi connectivity index (χ4v) is 2.32. The molecule has 4 atom stereocenters. The predicted molar refractivity (Wildman–Crippen MR) is 49.8 cm³/mol. The zero-order valence-corrected chi connectivity index (χ0v) is 8.34. The number of hydrogen-bond acceptors (Lipinski definition) is 3. The smallest absolute Gasteiger partial charge is 0.253 e. The molecule has 3 N–H and O–H groups in total. The van der Waals surface area contributed by atoms with Crippen molar-refractivity contribution in [1.82, 2.24) is 10.4 Å². The first-order valence-electron chi connectivity index (χ1n) is 5.15. The summed E-state index contributed by atoms with van der Waals surface area (Å²) < 4.78 is 25.6. The van der Waals surface area contributed by atoms with Crippen molar-refractivity contribution in [3.63, 3.8) is 0 Å². The molecule has 1 saturated heterocycles. The van der Waals surface area contributed by atoms with Crippen molar-refractivity contribution in [1.29, 1.82) is 0 Å². The van der Waals surface area contributed by atoms with Gasteiger partial charge in [-0.15, -0.1) is 0 Å². The molecule has 3 nitrogen and oxygen atoms in total. The highest BCUT2D eigenvalue weighted by molar-refractivity contribution is 5.14. The van der Waals surface area contributed by atoms with Crippen LogP contribution < -0.4 is 11.2 Å². The lowest BCUT2D eigenvalue weighted by Crippen LogP contribution is -2.20. The fourth-order valence-electron chi connectivity index (χ4n) is 2.32. The van der Waals surface area contributed by atoms with E-state index in [9.17, 15) is 8.78 Å². The van der Waals surface area contributed by atoms with E-state index in [4.69, 9.17) is 5.73 Å². The number of hydrogen-bond donors (Lipinski definition) is 2. The van der Waals surface area contributed by atoms with Gasteiger partial charge in [0, 0.05) is 18.4 Å². The molecule has 2 rings (SSSR count). The summed E-state index contributed by atoms with van der Waals surface area (Å²) >= 11 is 0. The number of nitrogens with zero attached hydrogens (tertiary/aromatic N) is 1. The second kappa shape index (κ2) is 3.40. The lowest BCUT2D eigenvalue weighted by atomic mass is 10.1. The van der Waals surface area contributed by atoms with Gasteiger partial charge in [0.2, 0.25) is 0 Å². The molecule has 14 heavy (non-hydrogen) atoms. The lowest BCUT2D eigenvalue weighted by Gasteiger charge is -1.98. The molecule has 1 aliphatic carbocycles. The van der Waals surface area contributed by atoms with Crippen molar-refractivity contribution in [3.8, 4) is 0 Å². The van der Waals surface area contributed by atoms with Crippen LogP contribution in [0.25, 0.3) is 0 Å². The molecule has 1 saturated carbocycles. The van der Waals surface area contributed by atoms with Crippen molar-refractivity contribution in [3.05, 3.63) is 0 Å². The summed E-state index contributed by atoms with van der Waals surface area (Å²) in [5.74, 6) is -2.82. The van der Waals surface area contributed by atoms with Crippen LogP contribution in [0.3, 0.4) is 0 Å². The Morgan fingerprint density at radius 3 is 2.64 bits per heavy atom. The Morgan fingerprint density at radius 1 is 1.57 bits per heavy atom. The van der Waals surface area contributed by atoms with Crippen molar-refractivity contribution in [2.75, 3.05) is 13.6 Å². The standard InChI is InChI=1S/C9H17F2N3/c1-13-14-7(3-2-4-12)8(14)6-5-9(6,10)11/h6-8,13H,2-5,12H2,1H3/t6-,7?,8?,14?/m1/s1. The second-order valence-corrected chi connectivity index (χ2v) is 4.19. The Hall–Kier alpha value is -0.260. The third kappa shape index (κ3) is 1.64. The Morgan fingerprint density at radius 2 is 2.21 bits per heavy atom. The molecule has 0 aromatic rings. The number of nitrogens with one attached hydrogen (secondary N) is 1. The summed E-state index contributed by atoms with van der Waals surface area (Å²) in [7, 11) is 1.79. The molecule has 0 aromatic heterocycles. The van der Waals surface area contributed by atoms with E-state index in [0.29, 0.717) is 6.54 Å². The molecular weight excluding hydrogens is 188 g/mol. The zero-order chi connectivity index (χ0) is 10.3. The van der Waals surface area contributed by atoms with Gasteiger partial charge in [-0.1, -0.05) is 0 Å². The minimum absolute atomic E-state index is 0.0431. The van der Waals surface area contributed by atoms with Crippen LogP contribution in [0.4, 0.5) is 8.78 Å². The monoisotopic (exact) mass is 205 g/mol. The number of alkyl halides is 2. The van der Waals surface area contributed by atoms with Crippen LogP contribution in [-0.4, -0.2) is 36.6 Å². The Balaban J connectivity index is 1.83. The number of hydrazine groups is 1. The summed E-state index contributed by atoms with van der Waals surface area (Å²) in [5.41, 5.74) is 8.36. The molecule has 1 heterocycles. The molecule has 82 valence electrons. The lowest BCUT2D eigenvalue weighted by molar-refractivity contribution is 0.0945. The number of halogens is 2. The van der Waals surface area contributed by atoms with E-state index in [1.165, 1.54) is 0 Å². The highest BCUT2D eigenvalue weighted by atomic mass is 19.3. The molecule has 1 aliphatic heterocycles. The maximum Gasteiger partial charge on any atom is 0.253 e. The van der Waals surface area contributed by atoms with E-state index >= 15 is 0 Å². The molecule has 0 spiro atoms. The third-order valence-corrected chi connectivity index (χ3v) is 3.23. The van der Waals surface area contributed by atoms with Crippen molar-refractivity contribution in [2.24, 2.45) is 11.7 Å². The molecule has 0 aromatic carbocycles. The van der Waals surface area contributed by atoms with Gasteiger partial charge in [-0.2, -0.15) is 0 Å². The summed E-state index contributed by atoms with van der Waals surface area (Å²) in [4.78, 5) is 0. The van der Waals surface area contributed by atoms with E-state index in [1.54, 1.807) is 7.05 Å². The van der Waals surface area contributed by atoms with Crippen molar-refractivity contribution in [2.45, 2.75) is 37.3 Å². The van der Waals surface area contributed by atoms with E-state index in [0.717, 1.165) is 12.8 Å². The normalized spacial score (nSPS) is 43.7. The quantitative estimate of drug-likeness (QED) is 0.645. The number of rotatable bonds is 5. The summed E-state index contributed by atoms with van der Waals surface area (Å²) in [6, 6.07) is 0.323. The van der Waals surface area contributed by atoms with Crippen LogP contribution in [0, 0.1) is 5.92 Å². The minimum atomic E-state index is -2.41. The maximum absolute atomic E-state index is 12.8. The molecule has 2 fully saturated rings. The van der Waals surface area contributed by atoms with Crippen LogP contribution in [0.1, 0.15) is 19.3 Å². The molecule has 0 bridgehead atoms. The SMILES string of the molecule is CNN1C(CCCN)C1[C@H]1CC1(F)F. The average molecular weight is 205 g/mol. The Labute approximate surface area is 82.6 Å². The maximum atomic E-state index is 12.8. The van der Waals surface area contributed by atoms with Crippen molar-refractivity contribution < 1.29 is 8.78 Å². The Bertz CT molecular complexity index is 222. The molecular formula is C9H17F2N3. The van der Waals surface area contributed by atoms with E-state index in [1.807, 2.05) is 5.01 Å². The van der Waals surface area contributed by atoms with Gasteiger partial charge < -0.3 is 5.73 Å². The molecule has 0 amide bonds. The van der Waals surface area contributed by atoms with Gasteiger partial charge >= 0.3 is 0 Å². The minimum Gasteiger partial charge on any atom is -0.330 e. The third-order valence-electron chi connectivity index (χ3n) is 3.23.